The maximum Gasteiger partial charge on any atom is 0.119 e. The van der Waals surface area contributed by atoms with Crippen LogP contribution in [0.2, 0.25) is 0 Å². The van der Waals surface area contributed by atoms with E-state index in [4.69, 9.17) is 4.74 Å². The highest BCUT2D eigenvalue weighted by Crippen LogP contribution is 2.46. The van der Waals surface area contributed by atoms with Crippen LogP contribution in [0.15, 0.2) is 47.7 Å². The van der Waals surface area contributed by atoms with Gasteiger partial charge in [0.25, 0.3) is 0 Å². The predicted molar refractivity (Wildman–Crippen MR) is 81.7 cm³/mol. The predicted octanol–water partition coefficient (Wildman–Crippen LogP) is 5.06. The summed E-state index contributed by atoms with van der Waals surface area (Å²) < 4.78 is 5.92. The average molecular weight is 256 g/mol. The second-order valence-electron chi connectivity index (χ2n) is 6.91. The van der Waals surface area contributed by atoms with Crippen molar-refractivity contribution in [2.45, 2.75) is 34.6 Å². The Labute approximate surface area is 117 Å². The monoisotopic (exact) mass is 256 g/mol. The first-order chi connectivity index (χ1) is 8.81. The summed E-state index contributed by atoms with van der Waals surface area (Å²) in [5.41, 5.74) is 2.87. The molecule has 0 aromatic heterocycles. The average Bonchev–Trinajstić information content (AvgIpc) is 2.63. The van der Waals surface area contributed by atoms with Crippen LogP contribution < -0.4 is 0 Å². The molecule has 0 N–H and O–H groups in total. The van der Waals surface area contributed by atoms with Gasteiger partial charge >= 0.3 is 0 Å². The fourth-order valence-corrected chi connectivity index (χ4v) is 2.99. The molecule has 0 bridgehead atoms. The Morgan fingerprint density at radius 2 is 1.68 bits per heavy atom. The third-order valence-electron chi connectivity index (χ3n) is 3.49. The standard InChI is InChI=1S/C18H24O/c1-17(2,3)16-15(19-13-18(16,4)5)12-11-14-9-7-6-8-10-14/h6-12H,13H2,1-5H3/b12-11+. The van der Waals surface area contributed by atoms with E-state index >= 15 is 0 Å². The van der Waals surface area contributed by atoms with Gasteiger partial charge in [0.15, 0.2) is 0 Å². The third kappa shape index (κ3) is 3.09. The Balaban J connectivity index is 2.35. The van der Waals surface area contributed by atoms with Crippen molar-refractivity contribution in [3.8, 4) is 0 Å². The highest BCUT2D eigenvalue weighted by atomic mass is 16.5. The Morgan fingerprint density at radius 3 is 2.26 bits per heavy atom. The van der Waals surface area contributed by atoms with E-state index in [1.54, 1.807) is 0 Å². The molecule has 2 rings (SSSR count). The smallest absolute Gasteiger partial charge is 0.119 e. The van der Waals surface area contributed by atoms with Crippen LogP contribution in [-0.2, 0) is 4.74 Å². The number of hydrogen-bond donors (Lipinski definition) is 0. The number of benzene rings is 1. The second-order valence-corrected chi connectivity index (χ2v) is 6.91. The van der Waals surface area contributed by atoms with Crippen LogP contribution >= 0.6 is 0 Å². The fraction of sp³-hybridized carbons (Fsp3) is 0.444. The SMILES string of the molecule is CC(C)(C)C1=C(/C=C/c2ccccc2)OCC1(C)C. The molecule has 1 aromatic carbocycles. The molecule has 0 amide bonds. The van der Waals surface area contributed by atoms with E-state index in [0.717, 1.165) is 12.4 Å². The lowest BCUT2D eigenvalue weighted by Gasteiger charge is -2.30. The highest BCUT2D eigenvalue weighted by Gasteiger charge is 2.39. The molecule has 0 atom stereocenters. The van der Waals surface area contributed by atoms with Gasteiger partial charge in [0.1, 0.15) is 5.76 Å². The summed E-state index contributed by atoms with van der Waals surface area (Å²) in [5.74, 6) is 1.04. The van der Waals surface area contributed by atoms with Gasteiger partial charge in [-0.2, -0.15) is 0 Å². The lowest BCUT2D eigenvalue weighted by Crippen LogP contribution is -2.24. The van der Waals surface area contributed by atoms with Crippen molar-refractivity contribution in [2.75, 3.05) is 6.61 Å². The minimum absolute atomic E-state index is 0.120. The molecule has 0 saturated carbocycles. The summed E-state index contributed by atoms with van der Waals surface area (Å²) in [6.45, 7) is 12.1. The molecule has 1 aromatic rings. The maximum atomic E-state index is 5.92. The summed E-state index contributed by atoms with van der Waals surface area (Å²) in [5, 5.41) is 0. The summed E-state index contributed by atoms with van der Waals surface area (Å²) in [4.78, 5) is 0. The molecule has 102 valence electrons. The number of hydrogen-bond acceptors (Lipinski definition) is 1. The lowest BCUT2D eigenvalue weighted by molar-refractivity contribution is 0.188. The molecule has 0 unspecified atom stereocenters. The topological polar surface area (TPSA) is 9.23 Å². The molecule has 1 nitrogen and oxygen atoms in total. The van der Waals surface area contributed by atoms with Crippen molar-refractivity contribution < 1.29 is 4.74 Å². The molecule has 0 spiro atoms. The summed E-state index contributed by atoms with van der Waals surface area (Å²) in [6.07, 6.45) is 4.24. The van der Waals surface area contributed by atoms with E-state index in [1.807, 2.05) is 6.07 Å². The van der Waals surface area contributed by atoms with Crippen molar-refractivity contribution in [3.63, 3.8) is 0 Å². The van der Waals surface area contributed by atoms with Crippen molar-refractivity contribution in [3.05, 3.63) is 53.3 Å². The van der Waals surface area contributed by atoms with Crippen LogP contribution in [0, 0.1) is 10.8 Å². The van der Waals surface area contributed by atoms with Crippen LogP contribution in [0.25, 0.3) is 6.08 Å². The molecule has 0 radical (unpaired) electrons. The van der Waals surface area contributed by atoms with Crippen molar-refractivity contribution >= 4 is 6.08 Å². The zero-order chi connectivity index (χ0) is 14.1. The van der Waals surface area contributed by atoms with E-state index in [9.17, 15) is 0 Å². The molecule has 0 aliphatic carbocycles. The van der Waals surface area contributed by atoms with Gasteiger partial charge in [-0.05, 0) is 22.6 Å². The van der Waals surface area contributed by atoms with Gasteiger partial charge in [-0.1, -0.05) is 71.0 Å². The Kier molecular flexibility index (Phi) is 3.58. The Hall–Kier alpha value is -1.50. The molecule has 1 heteroatoms. The van der Waals surface area contributed by atoms with Crippen molar-refractivity contribution in [2.24, 2.45) is 10.8 Å². The molecule has 0 saturated heterocycles. The van der Waals surface area contributed by atoms with Crippen molar-refractivity contribution in [1.82, 2.24) is 0 Å². The first-order valence-electron chi connectivity index (χ1n) is 6.92. The number of allylic oxidation sites excluding steroid dienone is 1. The summed E-state index contributed by atoms with van der Waals surface area (Å²) in [6, 6.07) is 10.4. The van der Waals surface area contributed by atoms with Crippen molar-refractivity contribution in [1.29, 1.82) is 0 Å². The fourth-order valence-electron chi connectivity index (χ4n) is 2.99. The van der Waals surface area contributed by atoms with E-state index < -0.39 is 0 Å². The van der Waals surface area contributed by atoms with E-state index in [0.29, 0.717) is 0 Å². The molecule has 1 heterocycles. The van der Waals surface area contributed by atoms with E-state index in [-0.39, 0.29) is 10.8 Å². The largest absolute Gasteiger partial charge is 0.493 e. The molecular formula is C18H24O. The molecule has 19 heavy (non-hydrogen) atoms. The Bertz CT molecular complexity index is 498. The van der Waals surface area contributed by atoms with Crippen LogP contribution in [0.4, 0.5) is 0 Å². The van der Waals surface area contributed by atoms with E-state index in [1.165, 1.54) is 11.1 Å². The van der Waals surface area contributed by atoms with Gasteiger partial charge in [-0.25, -0.2) is 0 Å². The van der Waals surface area contributed by atoms with Gasteiger partial charge in [0.05, 0.1) is 6.61 Å². The molecule has 1 aliphatic rings. The maximum absolute atomic E-state index is 5.92. The quantitative estimate of drug-likeness (QED) is 0.719. The second kappa shape index (κ2) is 4.88. The van der Waals surface area contributed by atoms with Crippen LogP contribution in [0.5, 0.6) is 0 Å². The summed E-state index contributed by atoms with van der Waals surface area (Å²) >= 11 is 0. The molecule has 1 aliphatic heterocycles. The van der Waals surface area contributed by atoms with Gasteiger partial charge in [-0.3, -0.25) is 0 Å². The summed E-state index contributed by atoms with van der Waals surface area (Å²) in [7, 11) is 0. The molecule has 0 fully saturated rings. The van der Waals surface area contributed by atoms with Crippen LogP contribution in [-0.4, -0.2) is 6.61 Å². The zero-order valence-corrected chi connectivity index (χ0v) is 12.7. The van der Waals surface area contributed by atoms with Crippen LogP contribution in [0.3, 0.4) is 0 Å². The normalized spacial score (nSPS) is 19.0. The van der Waals surface area contributed by atoms with Gasteiger partial charge < -0.3 is 4.74 Å². The van der Waals surface area contributed by atoms with Gasteiger partial charge in [0, 0.05) is 5.41 Å². The highest BCUT2D eigenvalue weighted by molar-refractivity contribution is 5.53. The minimum atomic E-state index is 0.120. The van der Waals surface area contributed by atoms with E-state index in [2.05, 4.69) is 71.0 Å². The van der Waals surface area contributed by atoms with Crippen LogP contribution in [0.1, 0.15) is 40.2 Å². The lowest BCUT2D eigenvalue weighted by atomic mass is 9.72. The Morgan fingerprint density at radius 1 is 1.05 bits per heavy atom. The zero-order valence-electron chi connectivity index (χ0n) is 12.7. The first-order valence-corrected chi connectivity index (χ1v) is 6.92. The third-order valence-corrected chi connectivity index (χ3v) is 3.49. The minimum Gasteiger partial charge on any atom is -0.493 e. The molecular weight excluding hydrogens is 232 g/mol. The van der Waals surface area contributed by atoms with Gasteiger partial charge in [-0.15, -0.1) is 0 Å². The van der Waals surface area contributed by atoms with Gasteiger partial charge in [0.2, 0.25) is 0 Å². The number of rotatable bonds is 2. The number of ether oxygens (including phenoxy) is 1. The first kappa shape index (κ1) is 13.9.